The molecular weight excluding hydrogens is 234 g/mol. The molecule has 0 unspecified atom stereocenters. The average molecular weight is 242 g/mol. The molecule has 1 N–H and O–H groups in total. The van der Waals surface area contributed by atoms with Crippen LogP contribution in [0.3, 0.4) is 0 Å². The Bertz CT molecular complexity index is 509. The molecule has 1 aromatic heterocycles. The zero-order valence-corrected chi connectivity index (χ0v) is 9.48. The van der Waals surface area contributed by atoms with Crippen molar-refractivity contribution in [2.24, 2.45) is 0 Å². The highest BCUT2D eigenvalue weighted by molar-refractivity contribution is 7.99. The molecule has 0 aliphatic carbocycles. The van der Waals surface area contributed by atoms with Gasteiger partial charge < -0.3 is 9.14 Å². The van der Waals surface area contributed by atoms with Crippen LogP contribution in [-0.4, -0.2) is 11.5 Å². The molecule has 0 aliphatic heterocycles. The molecule has 0 radical (unpaired) electrons. The normalized spacial score (nSPS) is 10.5. The summed E-state index contributed by atoms with van der Waals surface area (Å²) in [6.45, 7) is 0. The zero-order chi connectivity index (χ0) is 10.8. The zero-order valence-electron chi connectivity index (χ0n) is 7.91. The number of hydrogen-bond donors (Lipinski definition) is 1. The summed E-state index contributed by atoms with van der Waals surface area (Å²) >= 11 is 6.91. The predicted octanol–water partition coefficient (Wildman–Crippen LogP) is 3.50. The molecule has 5 heteroatoms. The van der Waals surface area contributed by atoms with Crippen LogP contribution in [0.5, 0.6) is 0 Å². The summed E-state index contributed by atoms with van der Waals surface area (Å²) in [7, 11) is 0. The maximum atomic E-state index is 11.1. The van der Waals surface area contributed by atoms with Gasteiger partial charge in [-0.15, -0.1) is 0 Å². The van der Waals surface area contributed by atoms with E-state index in [9.17, 15) is 4.79 Å². The number of anilines is 1. The number of rotatable bonds is 3. The molecule has 3 nitrogen and oxygen atoms in total. The van der Waals surface area contributed by atoms with Crippen molar-refractivity contribution >= 4 is 45.4 Å². The maximum Gasteiger partial charge on any atom is 0.256 e. The number of benzene rings is 1. The number of carbonyl (C=O) groups is 1. The molecule has 0 atom stereocenters. The number of carbonyl (C=O) groups excluding carboxylic acids is 1. The van der Waals surface area contributed by atoms with Crippen LogP contribution in [0.25, 0.3) is 11.0 Å². The van der Waals surface area contributed by atoms with E-state index >= 15 is 0 Å². The first kappa shape index (κ1) is 10.4. The fourth-order valence-corrected chi connectivity index (χ4v) is 1.87. The van der Waals surface area contributed by atoms with Gasteiger partial charge in [-0.3, -0.25) is 4.79 Å². The molecule has 2 rings (SSSR count). The van der Waals surface area contributed by atoms with Crippen LogP contribution < -0.4 is 4.72 Å². The van der Waals surface area contributed by atoms with Crippen molar-refractivity contribution in [2.45, 2.75) is 0 Å². The predicted molar refractivity (Wildman–Crippen MR) is 63.5 cm³/mol. The van der Waals surface area contributed by atoms with Gasteiger partial charge in [0.25, 0.3) is 5.24 Å². The number of halogens is 1. The smallest absolute Gasteiger partial charge is 0.256 e. The molecule has 0 amide bonds. The molecule has 0 aliphatic rings. The van der Waals surface area contributed by atoms with E-state index in [1.54, 1.807) is 6.07 Å². The van der Waals surface area contributed by atoms with E-state index in [-0.39, 0.29) is 0 Å². The number of furan rings is 1. The van der Waals surface area contributed by atoms with E-state index in [1.165, 1.54) is 18.2 Å². The lowest BCUT2D eigenvalue weighted by molar-refractivity contribution is 0.108. The SMILES string of the molecule is CSNc1ccc2occ(C(=O)Cl)c2c1. The lowest BCUT2D eigenvalue weighted by Crippen LogP contribution is -1.87. The third-order valence-electron chi connectivity index (χ3n) is 2.01. The first-order valence-electron chi connectivity index (χ1n) is 4.22. The van der Waals surface area contributed by atoms with Gasteiger partial charge in [0.2, 0.25) is 0 Å². The van der Waals surface area contributed by atoms with Gasteiger partial charge in [0.1, 0.15) is 11.8 Å². The van der Waals surface area contributed by atoms with Crippen LogP contribution in [-0.2, 0) is 0 Å². The first-order valence-corrected chi connectivity index (χ1v) is 5.82. The van der Waals surface area contributed by atoms with Crippen LogP contribution in [0.15, 0.2) is 28.9 Å². The van der Waals surface area contributed by atoms with E-state index in [0.29, 0.717) is 11.1 Å². The summed E-state index contributed by atoms with van der Waals surface area (Å²) in [5, 5.41) is 0.226. The number of fused-ring (bicyclic) bond motifs is 1. The van der Waals surface area contributed by atoms with Crippen molar-refractivity contribution in [1.82, 2.24) is 0 Å². The van der Waals surface area contributed by atoms with E-state index in [0.717, 1.165) is 11.1 Å². The standard InChI is InChI=1S/C10H8ClNO2S/c1-15-12-6-2-3-9-7(4-6)8(5-14-9)10(11)13/h2-5,12H,1H3. The van der Waals surface area contributed by atoms with Crippen molar-refractivity contribution in [3.63, 3.8) is 0 Å². The summed E-state index contributed by atoms with van der Waals surface area (Å²) in [4.78, 5) is 11.1. The lowest BCUT2D eigenvalue weighted by Gasteiger charge is -2.01. The monoisotopic (exact) mass is 241 g/mol. The summed E-state index contributed by atoms with van der Waals surface area (Å²) in [6, 6.07) is 5.52. The van der Waals surface area contributed by atoms with Crippen molar-refractivity contribution < 1.29 is 9.21 Å². The van der Waals surface area contributed by atoms with Crippen molar-refractivity contribution in [3.05, 3.63) is 30.0 Å². The molecular formula is C10H8ClNO2S. The Kier molecular flexibility index (Phi) is 2.88. The van der Waals surface area contributed by atoms with Crippen LogP contribution in [0, 0.1) is 0 Å². The fourth-order valence-electron chi connectivity index (χ4n) is 1.36. The van der Waals surface area contributed by atoms with E-state index in [4.69, 9.17) is 16.0 Å². The molecule has 0 spiro atoms. The van der Waals surface area contributed by atoms with Crippen LogP contribution in [0.4, 0.5) is 5.69 Å². The molecule has 0 saturated heterocycles. The van der Waals surface area contributed by atoms with Gasteiger partial charge in [-0.2, -0.15) is 0 Å². The van der Waals surface area contributed by atoms with Gasteiger partial charge in [-0.1, -0.05) is 11.9 Å². The van der Waals surface area contributed by atoms with E-state index in [2.05, 4.69) is 4.72 Å². The Hall–Kier alpha value is -1.13. The van der Waals surface area contributed by atoms with Gasteiger partial charge in [-0.25, -0.2) is 0 Å². The molecule has 1 heterocycles. The van der Waals surface area contributed by atoms with Gasteiger partial charge in [0.15, 0.2) is 0 Å². The topological polar surface area (TPSA) is 42.2 Å². The largest absolute Gasteiger partial charge is 0.464 e. The van der Waals surface area contributed by atoms with Gasteiger partial charge in [0.05, 0.1) is 5.56 Å². The first-order chi connectivity index (χ1) is 7.22. The molecule has 15 heavy (non-hydrogen) atoms. The Labute approximate surface area is 95.9 Å². The average Bonchev–Trinajstić information content (AvgIpc) is 2.61. The second-order valence-electron chi connectivity index (χ2n) is 2.94. The Balaban J connectivity index is 2.56. The summed E-state index contributed by atoms with van der Waals surface area (Å²) < 4.78 is 8.28. The Morgan fingerprint density at radius 3 is 3.00 bits per heavy atom. The summed E-state index contributed by atoms with van der Waals surface area (Å²) in [6.07, 6.45) is 3.30. The molecule has 2 aromatic rings. The minimum atomic E-state index is -0.505. The number of hydrogen-bond acceptors (Lipinski definition) is 4. The van der Waals surface area contributed by atoms with E-state index in [1.807, 2.05) is 18.4 Å². The van der Waals surface area contributed by atoms with Crippen molar-refractivity contribution in [1.29, 1.82) is 0 Å². The molecule has 0 bridgehead atoms. The second kappa shape index (κ2) is 4.16. The van der Waals surface area contributed by atoms with Gasteiger partial charge in [0, 0.05) is 17.3 Å². The van der Waals surface area contributed by atoms with Gasteiger partial charge in [-0.05, 0) is 29.8 Å². The van der Waals surface area contributed by atoms with E-state index < -0.39 is 5.24 Å². The minimum absolute atomic E-state index is 0.399. The van der Waals surface area contributed by atoms with Crippen LogP contribution in [0.1, 0.15) is 10.4 Å². The Morgan fingerprint density at radius 2 is 2.33 bits per heavy atom. The fraction of sp³-hybridized carbons (Fsp3) is 0.100. The lowest BCUT2D eigenvalue weighted by atomic mass is 10.2. The molecule has 0 saturated carbocycles. The second-order valence-corrected chi connectivity index (χ2v) is 3.90. The third-order valence-corrected chi connectivity index (χ3v) is 2.65. The highest BCUT2D eigenvalue weighted by Crippen LogP contribution is 2.26. The van der Waals surface area contributed by atoms with Crippen LogP contribution in [0.2, 0.25) is 0 Å². The highest BCUT2D eigenvalue weighted by Gasteiger charge is 2.11. The number of nitrogens with one attached hydrogen (secondary N) is 1. The summed E-state index contributed by atoms with van der Waals surface area (Å²) in [5.74, 6) is 0. The quantitative estimate of drug-likeness (QED) is 0.660. The Morgan fingerprint density at radius 1 is 1.53 bits per heavy atom. The maximum absolute atomic E-state index is 11.1. The third kappa shape index (κ3) is 1.96. The van der Waals surface area contributed by atoms with Crippen LogP contribution >= 0.6 is 23.5 Å². The molecule has 78 valence electrons. The van der Waals surface area contributed by atoms with Gasteiger partial charge >= 0.3 is 0 Å². The molecule has 0 fully saturated rings. The van der Waals surface area contributed by atoms with Crippen molar-refractivity contribution in [2.75, 3.05) is 11.0 Å². The highest BCUT2D eigenvalue weighted by atomic mass is 35.5. The summed E-state index contributed by atoms with van der Waals surface area (Å²) in [5.41, 5.74) is 1.97. The minimum Gasteiger partial charge on any atom is -0.464 e. The van der Waals surface area contributed by atoms with Crippen molar-refractivity contribution in [3.8, 4) is 0 Å². The molecule has 1 aromatic carbocycles.